The minimum absolute atomic E-state index is 0.118. The highest BCUT2D eigenvalue weighted by Gasteiger charge is 2.23. The molecule has 0 bridgehead atoms. The first kappa shape index (κ1) is 15.6. The number of aromatic nitrogens is 1. The second-order valence-corrected chi connectivity index (χ2v) is 5.35. The predicted molar refractivity (Wildman–Crippen MR) is 81.1 cm³/mol. The van der Waals surface area contributed by atoms with Crippen molar-refractivity contribution in [3.05, 3.63) is 23.0 Å². The molecule has 0 unspecified atom stereocenters. The molecule has 0 spiro atoms. The van der Waals surface area contributed by atoms with Gasteiger partial charge >= 0.3 is 0 Å². The molecule has 2 heterocycles. The fourth-order valence-corrected chi connectivity index (χ4v) is 2.56. The zero-order valence-corrected chi connectivity index (χ0v) is 12.8. The SMILES string of the molecule is CCC(=O)N1CCCN(C(=O)c2cc(N)cnc2Cl)CC1. The molecule has 0 aliphatic carbocycles. The number of rotatable bonds is 2. The van der Waals surface area contributed by atoms with E-state index in [1.54, 1.807) is 9.80 Å². The summed E-state index contributed by atoms with van der Waals surface area (Å²) in [6.07, 6.45) is 2.66. The van der Waals surface area contributed by atoms with E-state index in [-0.39, 0.29) is 17.0 Å². The Morgan fingerprint density at radius 3 is 2.67 bits per heavy atom. The largest absolute Gasteiger partial charge is 0.397 e. The molecule has 0 atom stereocenters. The van der Waals surface area contributed by atoms with Gasteiger partial charge in [-0.25, -0.2) is 4.98 Å². The van der Waals surface area contributed by atoms with E-state index in [0.717, 1.165) is 6.42 Å². The van der Waals surface area contributed by atoms with Crippen LogP contribution in [0.1, 0.15) is 30.1 Å². The smallest absolute Gasteiger partial charge is 0.257 e. The number of carbonyl (C=O) groups is 2. The first-order valence-electron chi connectivity index (χ1n) is 7.01. The average molecular weight is 311 g/mol. The lowest BCUT2D eigenvalue weighted by atomic mass is 10.2. The zero-order valence-electron chi connectivity index (χ0n) is 12.0. The number of amides is 2. The molecule has 2 rings (SSSR count). The Balaban J connectivity index is 2.10. The molecule has 6 nitrogen and oxygen atoms in total. The third-order valence-corrected chi connectivity index (χ3v) is 3.83. The van der Waals surface area contributed by atoms with Crippen molar-refractivity contribution in [1.29, 1.82) is 0 Å². The molecule has 0 aromatic carbocycles. The van der Waals surface area contributed by atoms with Crippen molar-refractivity contribution in [3.8, 4) is 0 Å². The molecule has 1 aliphatic rings. The van der Waals surface area contributed by atoms with E-state index in [9.17, 15) is 9.59 Å². The van der Waals surface area contributed by atoms with Gasteiger partial charge in [-0.15, -0.1) is 0 Å². The lowest BCUT2D eigenvalue weighted by Gasteiger charge is -2.22. The van der Waals surface area contributed by atoms with E-state index in [0.29, 0.717) is 43.9 Å². The van der Waals surface area contributed by atoms with Crippen molar-refractivity contribution >= 4 is 29.1 Å². The van der Waals surface area contributed by atoms with Crippen molar-refractivity contribution in [1.82, 2.24) is 14.8 Å². The number of hydrogen-bond donors (Lipinski definition) is 1. The summed E-state index contributed by atoms with van der Waals surface area (Å²) in [5, 5.41) is 0.153. The van der Waals surface area contributed by atoms with Gasteiger partial charge in [0, 0.05) is 32.6 Å². The van der Waals surface area contributed by atoms with Gasteiger partial charge in [0.15, 0.2) is 0 Å². The maximum atomic E-state index is 12.5. The Kier molecular flexibility index (Phi) is 5.01. The maximum Gasteiger partial charge on any atom is 0.257 e. The molecule has 1 aromatic heterocycles. The standard InChI is InChI=1S/C14H19ClN4O2/c1-2-12(20)18-4-3-5-19(7-6-18)14(21)11-8-10(16)9-17-13(11)15/h8-9H,2-7,16H2,1H3. The van der Waals surface area contributed by atoms with Crippen molar-refractivity contribution in [2.75, 3.05) is 31.9 Å². The molecule has 1 aromatic rings. The molecule has 0 radical (unpaired) electrons. The Bertz CT molecular complexity index is 550. The van der Waals surface area contributed by atoms with Crippen molar-refractivity contribution in [2.45, 2.75) is 19.8 Å². The van der Waals surface area contributed by atoms with Crippen LogP contribution in [0, 0.1) is 0 Å². The Labute approximate surface area is 128 Å². The zero-order chi connectivity index (χ0) is 15.4. The molecule has 1 fully saturated rings. The summed E-state index contributed by atoms with van der Waals surface area (Å²) < 4.78 is 0. The number of pyridine rings is 1. The summed E-state index contributed by atoms with van der Waals surface area (Å²) in [6, 6.07) is 1.54. The lowest BCUT2D eigenvalue weighted by Crippen LogP contribution is -2.37. The number of nitrogen functional groups attached to an aromatic ring is 1. The van der Waals surface area contributed by atoms with Gasteiger partial charge in [-0.2, -0.15) is 0 Å². The van der Waals surface area contributed by atoms with Crippen LogP contribution in [0.5, 0.6) is 0 Å². The van der Waals surface area contributed by atoms with Crippen molar-refractivity contribution < 1.29 is 9.59 Å². The molecule has 1 saturated heterocycles. The number of anilines is 1. The number of hydrogen-bond acceptors (Lipinski definition) is 4. The van der Waals surface area contributed by atoms with E-state index in [1.165, 1.54) is 12.3 Å². The molecule has 1 aliphatic heterocycles. The van der Waals surface area contributed by atoms with Gasteiger partial charge in [-0.3, -0.25) is 9.59 Å². The third kappa shape index (κ3) is 3.64. The van der Waals surface area contributed by atoms with Gasteiger partial charge in [-0.05, 0) is 12.5 Å². The molecule has 21 heavy (non-hydrogen) atoms. The summed E-state index contributed by atoms with van der Waals surface area (Å²) in [6.45, 7) is 4.16. The van der Waals surface area contributed by atoms with Gasteiger partial charge in [-0.1, -0.05) is 18.5 Å². The first-order valence-corrected chi connectivity index (χ1v) is 7.38. The van der Waals surface area contributed by atoms with E-state index in [2.05, 4.69) is 4.98 Å². The van der Waals surface area contributed by atoms with Crippen LogP contribution in [0.2, 0.25) is 5.15 Å². The van der Waals surface area contributed by atoms with Crippen LogP contribution < -0.4 is 5.73 Å². The van der Waals surface area contributed by atoms with Crippen LogP contribution in [0.4, 0.5) is 5.69 Å². The summed E-state index contributed by atoms with van der Waals surface area (Å²) in [4.78, 5) is 31.7. The average Bonchev–Trinajstić information content (AvgIpc) is 2.74. The minimum atomic E-state index is -0.189. The van der Waals surface area contributed by atoms with E-state index in [1.807, 2.05) is 6.92 Å². The monoisotopic (exact) mass is 310 g/mol. The minimum Gasteiger partial charge on any atom is -0.397 e. The third-order valence-electron chi connectivity index (χ3n) is 3.53. The van der Waals surface area contributed by atoms with Crippen LogP contribution in [-0.4, -0.2) is 52.8 Å². The molecule has 2 amide bonds. The fraction of sp³-hybridized carbons (Fsp3) is 0.500. The molecule has 0 saturated carbocycles. The predicted octanol–water partition coefficient (Wildman–Crippen LogP) is 1.40. The number of nitrogens with two attached hydrogens (primary N) is 1. The topological polar surface area (TPSA) is 79.5 Å². The highest BCUT2D eigenvalue weighted by atomic mass is 35.5. The first-order chi connectivity index (χ1) is 10.0. The van der Waals surface area contributed by atoms with Gasteiger partial charge < -0.3 is 15.5 Å². The van der Waals surface area contributed by atoms with Crippen LogP contribution in [0.15, 0.2) is 12.3 Å². The van der Waals surface area contributed by atoms with E-state index < -0.39 is 0 Å². The van der Waals surface area contributed by atoms with Crippen molar-refractivity contribution in [2.24, 2.45) is 0 Å². The summed E-state index contributed by atoms with van der Waals surface area (Å²) in [7, 11) is 0. The summed E-state index contributed by atoms with van der Waals surface area (Å²) in [5.74, 6) is -0.0708. The number of carbonyl (C=O) groups excluding carboxylic acids is 2. The highest BCUT2D eigenvalue weighted by molar-refractivity contribution is 6.32. The molecule has 7 heteroatoms. The maximum absolute atomic E-state index is 12.5. The van der Waals surface area contributed by atoms with Crippen LogP contribution in [-0.2, 0) is 4.79 Å². The normalized spacial score (nSPS) is 15.7. The van der Waals surface area contributed by atoms with Gasteiger partial charge in [0.1, 0.15) is 5.15 Å². The highest BCUT2D eigenvalue weighted by Crippen LogP contribution is 2.18. The Hall–Kier alpha value is -1.82. The molecule has 2 N–H and O–H groups in total. The second kappa shape index (κ2) is 6.76. The van der Waals surface area contributed by atoms with Crippen molar-refractivity contribution in [3.63, 3.8) is 0 Å². The van der Waals surface area contributed by atoms with E-state index >= 15 is 0 Å². The quantitative estimate of drug-likeness (QED) is 0.837. The number of nitrogens with zero attached hydrogens (tertiary/aromatic N) is 3. The summed E-state index contributed by atoms with van der Waals surface area (Å²) in [5.41, 5.74) is 6.38. The van der Waals surface area contributed by atoms with E-state index in [4.69, 9.17) is 17.3 Å². The molecular weight excluding hydrogens is 292 g/mol. The Morgan fingerprint density at radius 2 is 1.95 bits per heavy atom. The van der Waals surface area contributed by atoms with Crippen LogP contribution in [0.25, 0.3) is 0 Å². The van der Waals surface area contributed by atoms with Gasteiger partial charge in [0.25, 0.3) is 5.91 Å². The van der Waals surface area contributed by atoms with Gasteiger partial charge in [0.2, 0.25) is 5.91 Å². The lowest BCUT2D eigenvalue weighted by molar-refractivity contribution is -0.130. The second-order valence-electron chi connectivity index (χ2n) is 4.99. The number of halogens is 1. The molecule has 114 valence electrons. The van der Waals surface area contributed by atoms with Gasteiger partial charge in [0.05, 0.1) is 17.4 Å². The fourth-order valence-electron chi connectivity index (χ4n) is 2.38. The molecular formula is C14H19ClN4O2. The summed E-state index contributed by atoms with van der Waals surface area (Å²) >= 11 is 5.97. The Morgan fingerprint density at radius 1 is 1.29 bits per heavy atom. The van der Waals surface area contributed by atoms with Crippen LogP contribution >= 0.6 is 11.6 Å². The van der Waals surface area contributed by atoms with Crippen LogP contribution in [0.3, 0.4) is 0 Å².